The van der Waals surface area contributed by atoms with Crippen LogP contribution in [0.1, 0.15) is 32.3 Å². The predicted octanol–water partition coefficient (Wildman–Crippen LogP) is 4.47. The van der Waals surface area contributed by atoms with Gasteiger partial charge in [-0.25, -0.2) is 0 Å². The predicted molar refractivity (Wildman–Crippen MR) is 84.9 cm³/mol. The monoisotopic (exact) mass is 273 g/mol. The molecule has 0 saturated heterocycles. The molecular formula is C17H23NS. The van der Waals surface area contributed by atoms with Crippen molar-refractivity contribution in [1.29, 1.82) is 0 Å². The molecule has 2 aromatic rings. The zero-order chi connectivity index (χ0) is 13.3. The quantitative estimate of drug-likeness (QED) is 0.819. The first-order valence-corrected chi connectivity index (χ1v) is 8.27. The molecule has 1 aromatic heterocycles. The third-order valence-corrected chi connectivity index (χ3v) is 5.51. The van der Waals surface area contributed by atoms with E-state index in [-0.39, 0.29) is 0 Å². The Labute approximate surface area is 120 Å². The molecule has 1 saturated carbocycles. The van der Waals surface area contributed by atoms with E-state index in [0.29, 0.717) is 5.41 Å². The highest BCUT2D eigenvalue weighted by Gasteiger charge is 2.41. The van der Waals surface area contributed by atoms with Crippen molar-refractivity contribution in [2.24, 2.45) is 11.3 Å². The van der Waals surface area contributed by atoms with Crippen molar-refractivity contribution in [3.8, 4) is 0 Å². The van der Waals surface area contributed by atoms with Crippen LogP contribution in [0.2, 0.25) is 0 Å². The van der Waals surface area contributed by atoms with Gasteiger partial charge in [-0.1, -0.05) is 32.0 Å². The standard InChI is InChI=1S/C17H23NS/c1-3-18-12-17(2,14-8-9-14)10-13-11-19-16-7-5-4-6-15(13)16/h4-7,11,14,18H,3,8-10,12H2,1-2H3. The smallest absolute Gasteiger partial charge is 0.0345 e. The van der Waals surface area contributed by atoms with Crippen LogP contribution in [0, 0.1) is 11.3 Å². The average Bonchev–Trinajstić information content (AvgIpc) is 3.21. The molecule has 3 rings (SSSR count). The lowest BCUT2D eigenvalue weighted by molar-refractivity contribution is 0.259. The lowest BCUT2D eigenvalue weighted by atomic mass is 9.79. The molecule has 1 nitrogen and oxygen atoms in total. The SMILES string of the molecule is CCNCC(C)(Cc1csc2ccccc12)C1CC1. The van der Waals surface area contributed by atoms with Crippen LogP contribution >= 0.6 is 11.3 Å². The molecule has 0 radical (unpaired) electrons. The van der Waals surface area contributed by atoms with Crippen LogP contribution in [0.15, 0.2) is 29.6 Å². The third-order valence-electron chi connectivity index (χ3n) is 4.50. The minimum absolute atomic E-state index is 0.430. The first kappa shape index (κ1) is 13.1. The van der Waals surface area contributed by atoms with Gasteiger partial charge in [0.15, 0.2) is 0 Å². The van der Waals surface area contributed by atoms with Gasteiger partial charge in [0.1, 0.15) is 0 Å². The summed E-state index contributed by atoms with van der Waals surface area (Å²) in [5, 5.41) is 7.41. The van der Waals surface area contributed by atoms with E-state index in [1.807, 2.05) is 11.3 Å². The van der Waals surface area contributed by atoms with E-state index in [0.717, 1.165) is 19.0 Å². The van der Waals surface area contributed by atoms with Crippen LogP contribution in [0.25, 0.3) is 10.1 Å². The summed E-state index contributed by atoms with van der Waals surface area (Å²) in [5.41, 5.74) is 1.98. The Morgan fingerprint density at radius 3 is 2.84 bits per heavy atom. The number of hydrogen-bond acceptors (Lipinski definition) is 2. The lowest BCUT2D eigenvalue weighted by Crippen LogP contribution is -2.35. The molecule has 0 spiro atoms. The van der Waals surface area contributed by atoms with E-state index in [2.05, 4.69) is 48.8 Å². The Morgan fingerprint density at radius 1 is 1.32 bits per heavy atom. The van der Waals surface area contributed by atoms with E-state index in [4.69, 9.17) is 0 Å². The van der Waals surface area contributed by atoms with E-state index in [1.54, 1.807) is 5.56 Å². The molecule has 2 heteroatoms. The summed E-state index contributed by atoms with van der Waals surface area (Å²) in [4.78, 5) is 0. The zero-order valence-corrected chi connectivity index (χ0v) is 12.7. The Hall–Kier alpha value is -0.860. The topological polar surface area (TPSA) is 12.0 Å². The molecule has 1 aromatic carbocycles. The Balaban J connectivity index is 1.85. The normalized spacial score (nSPS) is 18.6. The highest BCUT2D eigenvalue weighted by molar-refractivity contribution is 7.17. The Bertz CT molecular complexity index is 555. The van der Waals surface area contributed by atoms with Crippen molar-refractivity contribution in [2.45, 2.75) is 33.1 Å². The molecule has 102 valence electrons. The first-order valence-electron chi connectivity index (χ1n) is 7.39. The number of rotatable bonds is 6. The maximum atomic E-state index is 3.57. The summed E-state index contributed by atoms with van der Waals surface area (Å²) in [5.74, 6) is 0.921. The van der Waals surface area contributed by atoms with Gasteiger partial charge in [0.2, 0.25) is 0 Å². The lowest BCUT2D eigenvalue weighted by Gasteiger charge is -2.30. The maximum Gasteiger partial charge on any atom is 0.0345 e. The van der Waals surface area contributed by atoms with E-state index in [1.165, 1.54) is 29.3 Å². The summed E-state index contributed by atoms with van der Waals surface area (Å²) in [6, 6.07) is 8.82. The van der Waals surface area contributed by atoms with Crippen LogP contribution in [-0.4, -0.2) is 13.1 Å². The van der Waals surface area contributed by atoms with Gasteiger partial charge in [-0.05, 0) is 59.5 Å². The summed E-state index contributed by atoms with van der Waals surface area (Å²) in [6.45, 7) is 6.90. The van der Waals surface area contributed by atoms with Gasteiger partial charge in [0.05, 0.1) is 0 Å². The van der Waals surface area contributed by atoms with Gasteiger partial charge in [-0.15, -0.1) is 11.3 Å². The largest absolute Gasteiger partial charge is 0.316 e. The zero-order valence-electron chi connectivity index (χ0n) is 11.9. The number of nitrogens with one attached hydrogen (secondary N) is 1. The van der Waals surface area contributed by atoms with Crippen LogP contribution < -0.4 is 5.32 Å². The maximum absolute atomic E-state index is 3.57. The number of fused-ring (bicyclic) bond motifs is 1. The van der Waals surface area contributed by atoms with Crippen molar-refractivity contribution in [2.75, 3.05) is 13.1 Å². The minimum Gasteiger partial charge on any atom is -0.316 e. The summed E-state index contributed by atoms with van der Waals surface area (Å²) < 4.78 is 1.43. The summed E-state index contributed by atoms with van der Waals surface area (Å²) in [7, 11) is 0. The van der Waals surface area contributed by atoms with Crippen LogP contribution in [-0.2, 0) is 6.42 Å². The molecule has 1 fully saturated rings. The second kappa shape index (κ2) is 5.26. The second-order valence-corrected chi connectivity index (χ2v) is 7.05. The summed E-state index contributed by atoms with van der Waals surface area (Å²) in [6.07, 6.45) is 4.06. The molecule has 0 aliphatic heterocycles. The van der Waals surface area contributed by atoms with Gasteiger partial charge in [-0.2, -0.15) is 0 Å². The van der Waals surface area contributed by atoms with Crippen molar-refractivity contribution in [1.82, 2.24) is 5.32 Å². The molecule has 1 aliphatic carbocycles. The van der Waals surface area contributed by atoms with Crippen LogP contribution in [0.4, 0.5) is 0 Å². The average molecular weight is 273 g/mol. The number of thiophene rings is 1. The molecule has 0 bridgehead atoms. The number of hydrogen-bond donors (Lipinski definition) is 1. The van der Waals surface area contributed by atoms with Crippen molar-refractivity contribution in [3.05, 3.63) is 35.2 Å². The van der Waals surface area contributed by atoms with Crippen molar-refractivity contribution < 1.29 is 0 Å². The molecule has 0 amide bonds. The first-order chi connectivity index (χ1) is 9.23. The van der Waals surface area contributed by atoms with Gasteiger partial charge in [-0.3, -0.25) is 0 Å². The van der Waals surface area contributed by atoms with Gasteiger partial charge in [0.25, 0.3) is 0 Å². The van der Waals surface area contributed by atoms with Crippen LogP contribution in [0.5, 0.6) is 0 Å². The Kier molecular flexibility index (Phi) is 3.64. The third kappa shape index (κ3) is 2.70. The molecule has 1 atom stereocenters. The van der Waals surface area contributed by atoms with Gasteiger partial charge < -0.3 is 5.32 Å². The summed E-state index contributed by atoms with van der Waals surface area (Å²) >= 11 is 1.89. The minimum atomic E-state index is 0.430. The Morgan fingerprint density at radius 2 is 2.11 bits per heavy atom. The fraction of sp³-hybridized carbons (Fsp3) is 0.529. The van der Waals surface area contributed by atoms with E-state index in [9.17, 15) is 0 Å². The second-order valence-electron chi connectivity index (χ2n) is 6.14. The van der Waals surface area contributed by atoms with Crippen LogP contribution in [0.3, 0.4) is 0 Å². The molecule has 1 aliphatic rings. The van der Waals surface area contributed by atoms with Gasteiger partial charge in [0, 0.05) is 11.2 Å². The van der Waals surface area contributed by atoms with E-state index < -0.39 is 0 Å². The highest BCUT2D eigenvalue weighted by Crippen LogP contribution is 2.48. The number of benzene rings is 1. The molecule has 1 N–H and O–H groups in total. The highest BCUT2D eigenvalue weighted by atomic mass is 32.1. The molecule has 19 heavy (non-hydrogen) atoms. The molecule has 1 unspecified atom stereocenters. The van der Waals surface area contributed by atoms with Crippen molar-refractivity contribution >= 4 is 21.4 Å². The molecule has 1 heterocycles. The van der Waals surface area contributed by atoms with Crippen molar-refractivity contribution in [3.63, 3.8) is 0 Å². The van der Waals surface area contributed by atoms with Gasteiger partial charge >= 0.3 is 0 Å². The fourth-order valence-corrected chi connectivity index (χ4v) is 4.11. The molecular weight excluding hydrogens is 250 g/mol. The fourth-order valence-electron chi connectivity index (χ4n) is 3.15. The van der Waals surface area contributed by atoms with E-state index >= 15 is 0 Å².